The lowest BCUT2D eigenvalue weighted by molar-refractivity contribution is -0.142. The van der Waals surface area contributed by atoms with Crippen molar-refractivity contribution in [2.45, 2.75) is 78.3 Å². The maximum atomic E-state index is 13.5. The summed E-state index contributed by atoms with van der Waals surface area (Å²) in [6.45, 7) is 11.0. The first-order chi connectivity index (χ1) is 16.2. The van der Waals surface area contributed by atoms with Gasteiger partial charge in [-0.25, -0.2) is 4.79 Å². The molecular weight excluding hydrogens is 446 g/mol. The number of nitrogens with zero attached hydrogens (tertiary/aromatic N) is 1. The Bertz CT molecular complexity index is 1090. The van der Waals surface area contributed by atoms with Crippen LogP contribution < -0.4 is 10.6 Å². The van der Waals surface area contributed by atoms with Crippen molar-refractivity contribution in [2.75, 3.05) is 6.54 Å². The first-order valence-electron chi connectivity index (χ1n) is 12.0. The summed E-state index contributed by atoms with van der Waals surface area (Å²) in [6.07, 6.45) is -1.39. The topological polar surface area (TPSA) is 108 Å². The zero-order chi connectivity index (χ0) is 26.0. The van der Waals surface area contributed by atoms with Crippen molar-refractivity contribution in [1.82, 2.24) is 15.5 Å². The van der Waals surface area contributed by atoms with Gasteiger partial charge in [0.15, 0.2) is 0 Å². The Kier molecular flexibility index (Phi) is 7.74. The Morgan fingerprint density at radius 1 is 1.06 bits per heavy atom. The van der Waals surface area contributed by atoms with E-state index in [1.807, 2.05) is 63.2 Å². The van der Waals surface area contributed by atoms with E-state index in [1.54, 1.807) is 20.8 Å². The fourth-order valence-corrected chi connectivity index (χ4v) is 4.20. The molecule has 0 unspecified atom stereocenters. The number of aliphatic hydroxyl groups excluding tert-OH is 1. The van der Waals surface area contributed by atoms with E-state index in [0.717, 1.165) is 16.3 Å². The molecule has 1 heterocycles. The van der Waals surface area contributed by atoms with Crippen LogP contribution in [0.1, 0.15) is 53.5 Å². The largest absolute Gasteiger partial charge is 0.444 e. The van der Waals surface area contributed by atoms with Crippen LogP contribution in [0.4, 0.5) is 4.79 Å². The van der Waals surface area contributed by atoms with Crippen LogP contribution in [0, 0.1) is 5.41 Å². The van der Waals surface area contributed by atoms with Crippen LogP contribution in [0.3, 0.4) is 0 Å². The Hall–Kier alpha value is -3.13. The first kappa shape index (κ1) is 26.5. The van der Waals surface area contributed by atoms with Crippen molar-refractivity contribution in [3.05, 3.63) is 48.0 Å². The molecule has 1 aliphatic heterocycles. The SMILES string of the molecule is CC(C)(C)OC(=O)N[C@H](C(=O)N1C[C@H](O)C[C@H]1C(=O)NCc1ccc2ccccc2c1)C(C)(C)C. The lowest BCUT2D eigenvalue weighted by Crippen LogP contribution is -2.58. The van der Waals surface area contributed by atoms with Gasteiger partial charge in [0.05, 0.1) is 6.10 Å². The molecule has 35 heavy (non-hydrogen) atoms. The van der Waals surface area contributed by atoms with Gasteiger partial charge in [0, 0.05) is 19.5 Å². The predicted octanol–water partition coefficient (Wildman–Crippen LogP) is 3.36. The monoisotopic (exact) mass is 483 g/mol. The second kappa shape index (κ2) is 10.2. The van der Waals surface area contributed by atoms with Gasteiger partial charge in [-0.15, -0.1) is 0 Å². The number of carbonyl (C=O) groups excluding carboxylic acids is 3. The number of amides is 3. The molecule has 0 aromatic heterocycles. The Balaban J connectivity index is 1.72. The predicted molar refractivity (Wildman–Crippen MR) is 135 cm³/mol. The van der Waals surface area contributed by atoms with Crippen LogP contribution in [0.15, 0.2) is 42.5 Å². The number of rotatable bonds is 5. The molecule has 1 saturated heterocycles. The van der Waals surface area contributed by atoms with Crippen molar-refractivity contribution in [3.8, 4) is 0 Å². The summed E-state index contributed by atoms with van der Waals surface area (Å²) in [5, 5.41) is 18.1. The highest BCUT2D eigenvalue weighted by Gasteiger charge is 2.44. The maximum Gasteiger partial charge on any atom is 0.408 e. The van der Waals surface area contributed by atoms with Crippen LogP contribution in [0.25, 0.3) is 10.8 Å². The summed E-state index contributed by atoms with van der Waals surface area (Å²) in [5.74, 6) is -0.765. The molecule has 1 aliphatic rings. The van der Waals surface area contributed by atoms with E-state index in [1.165, 1.54) is 4.90 Å². The van der Waals surface area contributed by atoms with E-state index in [4.69, 9.17) is 4.74 Å². The minimum absolute atomic E-state index is 0.0233. The highest BCUT2D eigenvalue weighted by atomic mass is 16.6. The quantitative estimate of drug-likeness (QED) is 0.604. The van der Waals surface area contributed by atoms with Gasteiger partial charge in [-0.1, -0.05) is 57.2 Å². The van der Waals surface area contributed by atoms with Crippen molar-refractivity contribution in [2.24, 2.45) is 5.41 Å². The summed E-state index contributed by atoms with van der Waals surface area (Å²) in [6, 6.07) is 12.2. The normalized spacial score (nSPS) is 19.3. The van der Waals surface area contributed by atoms with Gasteiger partial charge in [-0.05, 0) is 48.6 Å². The van der Waals surface area contributed by atoms with Crippen LogP contribution in [-0.2, 0) is 20.9 Å². The molecule has 1 fully saturated rings. The zero-order valence-electron chi connectivity index (χ0n) is 21.4. The Morgan fingerprint density at radius 2 is 1.71 bits per heavy atom. The molecule has 0 saturated carbocycles. The number of β-amino-alcohol motifs (C(OH)–C–C–N with tert-alkyl or cyclic N) is 1. The summed E-state index contributed by atoms with van der Waals surface area (Å²) < 4.78 is 5.34. The first-order valence-corrected chi connectivity index (χ1v) is 12.0. The smallest absolute Gasteiger partial charge is 0.408 e. The van der Waals surface area contributed by atoms with Crippen molar-refractivity contribution in [3.63, 3.8) is 0 Å². The van der Waals surface area contributed by atoms with Gasteiger partial charge in [-0.2, -0.15) is 0 Å². The van der Waals surface area contributed by atoms with Crippen LogP contribution in [0.5, 0.6) is 0 Å². The lowest BCUT2D eigenvalue weighted by Gasteiger charge is -2.35. The molecule has 0 bridgehead atoms. The highest BCUT2D eigenvalue weighted by molar-refractivity contribution is 5.92. The van der Waals surface area contributed by atoms with Crippen LogP contribution in [0.2, 0.25) is 0 Å². The molecule has 8 nitrogen and oxygen atoms in total. The molecule has 3 atom stereocenters. The molecule has 3 N–H and O–H groups in total. The fourth-order valence-electron chi connectivity index (χ4n) is 4.20. The van der Waals surface area contributed by atoms with E-state index in [9.17, 15) is 19.5 Å². The van der Waals surface area contributed by atoms with Gasteiger partial charge < -0.3 is 25.4 Å². The number of likely N-dealkylation sites (tertiary alicyclic amines) is 1. The molecular formula is C27H37N3O5. The summed E-state index contributed by atoms with van der Waals surface area (Å²) in [5.41, 5.74) is -0.425. The van der Waals surface area contributed by atoms with Gasteiger partial charge in [0.2, 0.25) is 11.8 Å². The minimum atomic E-state index is -0.932. The van der Waals surface area contributed by atoms with Crippen LogP contribution >= 0.6 is 0 Å². The number of hydrogen-bond donors (Lipinski definition) is 3. The molecule has 3 amide bonds. The summed E-state index contributed by atoms with van der Waals surface area (Å²) in [4.78, 5) is 40.4. The summed E-state index contributed by atoms with van der Waals surface area (Å²) in [7, 11) is 0. The molecule has 2 aromatic rings. The van der Waals surface area contributed by atoms with Crippen molar-refractivity contribution < 1.29 is 24.2 Å². The number of aliphatic hydroxyl groups is 1. The average Bonchev–Trinajstić information content (AvgIpc) is 3.15. The molecule has 0 aliphatic carbocycles. The van der Waals surface area contributed by atoms with Gasteiger partial charge in [0.25, 0.3) is 0 Å². The standard InChI is InChI=1S/C27H37N3O5/c1-26(2,3)22(29-25(34)35-27(4,5)6)24(33)30-16-20(31)14-21(30)23(32)28-15-17-11-12-18-9-7-8-10-19(18)13-17/h7-13,20-22,31H,14-16H2,1-6H3,(H,28,32)(H,29,34)/t20-,21+,22-/m1/s1. The van der Waals surface area contributed by atoms with Crippen molar-refractivity contribution in [1.29, 1.82) is 0 Å². The third kappa shape index (κ3) is 6.94. The number of ether oxygens (including phenoxy) is 1. The third-order valence-corrected chi connectivity index (χ3v) is 5.92. The molecule has 3 rings (SSSR count). The average molecular weight is 484 g/mol. The van der Waals surface area contributed by atoms with E-state index in [2.05, 4.69) is 10.6 Å². The number of fused-ring (bicyclic) bond motifs is 1. The molecule has 0 spiro atoms. The number of hydrogen-bond acceptors (Lipinski definition) is 5. The number of benzene rings is 2. The maximum absolute atomic E-state index is 13.5. The number of carbonyl (C=O) groups is 3. The van der Waals surface area contributed by atoms with E-state index in [-0.39, 0.29) is 18.9 Å². The molecule has 190 valence electrons. The fraction of sp³-hybridized carbons (Fsp3) is 0.519. The lowest BCUT2D eigenvalue weighted by atomic mass is 9.85. The van der Waals surface area contributed by atoms with E-state index >= 15 is 0 Å². The Labute approximate surface area is 207 Å². The van der Waals surface area contributed by atoms with Gasteiger partial charge in [-0.3, -0.25) is 9.59 Å². The van der Waals surface area contributed by atoms with Crippen LogP contribution in [-0.4, -0.2) is 58.2 Å². The number of nitrogens with one attached hydrogen (secondary N) is 2. The Morgan fingerprint density at radius 3 is 2.34 bits per heavy atom. The second-order valence-corrected chi connectivity index (χ2v) is 11.2. The van der Waals surface area contributed by atoms with Gasteiger partial charge in [0.1, 0.15) is 17.7 Å². The minimum Gasteiger partial charge on any atom is -0.444 e. The molecule has 2 aromatic carbocycles. The summed E-state index contributed by atoms with van der Waals surface area (Å²) >= 11 is 0. The van der Waals surface area contributed by atoms with Gasteiger partial charge >= 0.3 is 6.09 Å². The van der Waals surface area contributed by atoms with E-state index in [0.29, 0.717) is 6.54 Å². The highest BCUT2D eigenvalue weighted by Crippen LogP contribution is 2.27. The zero-order valence-corrected chi connectivity index (χ0v) is 21.4. The number of alkyl carbamates (subject to hydrolysis) is 1. The van der Waals surface area contributed by atoms with Crippen molar-refractivity contribution >= 4 is 28.7 Å². The molecule has 8 heteroatoms. The second-order valence-electron chi connectivity index (χ2n) is 11.2. The third-order valence-electron chi connectivity index (χ3n) is 5.92. The molecule has 0 radical (unpaired) electrons. The van der Waals surface area contributed by atoms with E-state index < -0.39 is 41.2 Å².